The van der Waals surface area contributed by atoms with Crippen LogP contribution in [0.3, 0.4) is 0 Å². The fourth-order valence-corrected chi connectivity index (χ4v) is 17.0. The summed E-state index contributed by atoms with van der Waals surface area (Å²) in [5, 5.41) is 26.9. The molecule has 0 saturated carbocycles. The number of benzene rings is 13. The highest BCUT2D eigenvalue weighted by Crippen LogP contribution is 2.51. The summed E-state index contributed by atoms with van der Waals surface area (Å²) in [5.74, 6) is 0. The van der Waals surface area contributed by atoms with Crippen LogP contribution in [0.1, 0.15) is 5.56 Å². The summed E-state index contributed by atoms with van der Waals surface area (Å²) in [6.07, 6.45) is 0. The minimum absolute atomic E-state index is 0.550. The third-order valence-electron chi connectivity index (χ3n) is 18.2. The summed E-state index contributed by atoms with van der Waals surface area (Å²) in [5.41, 5.74) is 16.9. The fourth-order valence-electron chi connectivity index (χ4n) is 14.5. The van der Waals surface area contributed by atoms with Crippen LogP contribution < -0.4 is 0 Å². The van der Waals surface area contributed by atoms with E-state index in [1.165, 1.54) is 40.3 Å². The number of nitriles is 1. The number of aromatic nitrogens is 4. The largest absolute Gasteiger partial charge is 0.306 e. The molecule has 86 heavy (non-hydrogen) atoms. The maximum atomic E-state index is 13.1. The molecule has 6 heterocycles. The second-order valence-electron chi connectivity index (χ2n) is 22.6. The second kappa shape index (κ2) is 18.0. The summed E-state index contributed by atoms with van der Waals surface area (Å²) < 4.78 is 14.7. The zero-order valence-electron chi connectivity index (χ0n) is 46.0. The van der Waals surface area contributed by atoms with Gasteiger partial charge < -0.3 is 18.3 Å². The average molecular weight is 1130 g/mol. The summed E-state index contributed by atoms with van der Waals surface area (Å²) in [7, 11) is 0. The minimum atomic E-state index is 0.550. The molecule has 0 aliphatic heterocycles. The van der Waals surface area contributed by atoms with E-state index in [0.717, 1.165) is 132 Å². The Hall–Kier alpha value is -11.0. The topological polar surface area (TPSA) is 43.5 Å². The Morgan fingerprint density at radius 1 is 0.256 bits per heavy atom. The Balaban J connectivity index is 1.09. The molecular formula is C79H45N5S2. The molecule has 19 rings (SSSR count). The maximum absolute atomic E-state index is 13.1. The molecule has 0 aliphatic carbocycles. The maximum Gasteiger partial charge on any atom is 0.104 e. The molecule has 0 saturated heterocycles. The Labute approximate surface area is 500 Å². The second-order valence-corrected chi connectivity index (χ2v) is 24.7. The Bertz CT molecular complexity index is 5680. The number of fused-ring (bicyclic) bond motifs is 20. The Kier molecular flexibility index (Phi) is 9.94. The predicted octanol–water partition coefficient (Wildman–Crippen LogP) is 22.0. The van der Waals surface area contributed by atoms with E-state index in [2.05, 4.69) is 297 Å². The van der Waals surface area contributed by atoms with Gasteiger partial charge in [0.25, 0.3) is 0 Å². The highest BCUT2D eigenvalue weighted by atomic mass is 32.1. The summed E-state index contributed by atoms with van der Waals surface area (Å²) in [6.45, 7) is 0. The van der Waals surface area contributed by atoms with E-state index in [-0.39, 0.29) is 0 Å². The van der Waals surface area contributed by atoms with E-state index in [9.17, 15) is 5.26 Å². The first-order valence-corrected chi connectivity index (χ1v) is 30.8. The van der Waals surface area contributed by atoms with E-state index < -0.39 is 0 Å². The van der Waals surface area contributed by atoms with Crippen LogP contribution in [-0.4, -0.2) is 18.3 Å². The van der Waals surface area contributed by atoms with Crippen LogP contribution in [0.5, 0.6) is 0 Å². The Morgan fingerprint density at radius 3 is 0.988 bits per heavy atom. The molecule has 0 aliphatic rings. The lowest BCUT2D eigenvalue weighted by Gasteiger charge is -2.25. The zero-order chi connectivity index (χ0) is 56.3. The molecule has 0 spiro atoms. The van der Waals surface area contributed by atoms with Gasteiger partial charge in [-0.2, -0.15) is 5.26 Å². The molecule has 0 fully saturated rings. The molecule has 5 nitrogen and oxygen atoms in total. The first-order valence-electron chi connectivity index (χ1n) is 29.1. The van der Waals surface area contributed by atoms with Crippen molar-refractivity contribution in [2.45, 2.75) is 0 Å². The van der Waals surface area contributed by atoms with Crippen molar-refractivity contribution in [1.82, 2.24) is 18.3 Å². The fraction of sp³-hybridized carbons (Fsp3) is 0. The van der Waals surface area contributed by atoms with E-state index in [4.69, 9.17) is 0 Å². The lowest BCUT2D eigenvalue weighted by Crippen LogP contribution is -2.13. The quantitative estimate of drug-likeness (QED) is 0.164. The van der Waals surface area contributed by atoms with Crippen LogP contribution in [0.25, 0.3) is 173 Å². The van der Waals surface area contributed by atoms with Crippen molar-refractivity contribution in [2.24, 2.45) is 0 Å². The van der Waals surface area contributed by atoms with Gasteiger partial charge in [-0.15, -0.1) is 22.7 Å². The molecule has 0 bridgehead atoms. The lowest BCUT2D eigenvalue weighted by molar-refractivity contribution is 1.04. The molecular weight excluding hydrogens is 1080 g/mol. The number of hydrogen-bond acceptors (Lipinski definition) is 3. The van der Waals surface area contributed by atoms with Crippen molar-refractivity contribution >= 4 is 150 Å². The molecule has 0 atom stereocenters. The van der Waals surface area contributed by atoms with E-state index >= 15 is 0 Å². The van der Waals surface area contributed by atoms with Gasteiger partial charge in [-0.1, -0.05) is 206 Å². The van der Waals surface area contributed by atoms with E-state index in [0.29, 0.717) is 5.56 Å². The van der Waals surface area contributed by atoms with Crippen LogP contribution in [0.2, 0.25) is 0 Å². The number of rotatable bonds is 6. The Morgan fingerprint density at radius 2 is 0.593 bits per heavy atom. The van der Waals surface area contributed by atoms with Gasteiger partial charge >= 0.3 is 0 Å². The lowest BCUT2D eigenvalue weighted by atomic mass is 10.0. The monoisotopic (exact) mass is 1130 g/mol. The van der Waals surface area contributed by atoms with Gasteiger partial charge in [0, 0.05) is 74.0 Å². The van der Waals surface area contributed by atoms with Crippen LogP contribution in [0, 0.1) is 11.3 Å². The van der Waals surface area contributed by atoms with Gasteiger partial charge in [0.2, 0.25) is 0 Å². The molecule has 0 N–H and O–H groups in total. The molecule has 398 valence electrons. The number of nitrogens with zero attached hydrogens (tertiary/aromatic N) is 5. The summed E-state index contributed by atoms with van der Waals surface area (Å²) in [6, 6.07) is 103. The number of hydrogen-bond donors (Lipinski definition) is 0. The smallest absolute Gasteiger partial charge is 0.104 e. The van der Waals surface area contributed by atoms with Gasteiger partial charge in [-0.3, -0.25) is 0 Å². The van der Waals surface area contributed by atoms with Crippen LogP contribution >= 0.6 is 22.7 Å². The number of para-hydroxylation sites is 4. The van der Waals surface area contributed by atoms with Crippen molar-refractivity contribution in [2.75, 3.05) is 0 Å². The standard InChI is InChI=1S/C79H45N5S2/c80-46-63-74(81-64-29-13-7-23-51(64)52-24-8-14-30-65(52)81)70(83-68-41-35-49(47-19-3-1-4-20-47)43-61(68)57-37-39-59-55-27-11-17-33-72(55)85-78(59)76(57)83)45-71(75(63)82-66-31-15-9-25-53(66)54-26-10-16-32-67(54)82)84-69-42-36-50(48-21-5-2-6-22-48)44-62(69)58-38-40-60-56-28-12-18-34-73(56)86-79(60)77(58)84/h1-45H. The van der Waals surface area contributed by atoms with Gasteiger partial charge in [0.1, 0.15) is 11.6 Å². The highest BCUT2D eigenvalue weighted by Gasteiger charge is 2.32. The third kappa shape index (κ3) is 6.51. The van der Waals surface area contributed by atoms with Gasteiger partial charge in [-0.25, -0.2) is 0 Å². The van der Waals surface area contributed by atoms with Crippen LogP contribution in [0.15, 0.2) is 273 Å². The average Bonchev–Trinajstić information content (AvgIpc) is 1.56. The molecule has 6 aromatic heterocycles. The molecule has 0 unspecified atom stereocenters. The molecule has 13 aromatic carbocycles. The molecule has 19 aromatic rings. The molecule has 7 heteroatoms. The van der Waals surface area contributed by atoms with Crippen molar-refractivity contribution in [3.63, 3.8) is 0 Å². The van der Waals surface area contributed by atoms with Crippen molar-refractivity contribution < 1.29 is 0 Å². The highest BCUT2D eigenvalue weighted by molar-refractivity contribution is 7.27. The van der Waals surface area contributed by atoms with Crippen molar-refractivity contribution in [1.29, 1.82) is 5.26 Å². The van der Waals surface area contributed by atoms with Crippen molar-refractivity contribution in [3.8, 4) is 51.1 Å². The van der Waals surface area contributed by atoms with E-state index in [1.807, 2.05) is 22.7 Å². The van der Waals surface area contributed by atoms with Crippen molar-refractivity contribution in [3.05, 3.63) is 279 Å². The summed E-state index contributed by atoms with van der Waals surface area (Å²) >= 11 is 3.69. The predicted molar refractivity (Wildman–Crippen MR) is 365 cm³/mol. The first kappa shape index (κ1) is 47.5. The minimum Gasteiger partial charge on any atom is -0.306 e. The molecule has 0 radical (unpaired) electrons. The van der Waals surface area contributed by atoms with Crippen LogP contribution in [0.4, 0.5) is 0 Å². The van der Waals surface area contributed by atoms with Gasteiger partial charge in [0.15, 0.2) is 0 Å². The van der Waals surface area contributed by atoms with Gasteiger partial charge in [0.05, 0.1) is 76.3 Å². The molecule has 0 amide bonds. The third-order valence-corrected chi connectivity index (χ3v) is 20.6. The van der Waals surface area contributed by atoms with Crippen LogP contribution in [-0.2, 0) is 0 Å². The first-order chi connectivity index (χ1) is 42.7. The number of thiophene rings is 2. The normalized spacial score (nSPS) is 12.2. The van der Waals surface area contributed by atoms with E-state index in [1.54, 1.807) is 0 Å². The zero-order valence-corrected chi connectivity index (χ0v) is 47.7. The van der Waals surface area contributed by atoms with Gasteiger partial charge in [-0.05, 0) is 89.0 Å². The SMILES string of the molecule is N#Cc1c(-n2c3ccccc3c3ccccc32)c(-n2c3ccc(-c4ccccc4)cc3c3ccc4c5ccccc5sc4c32)cc(-n2c3ccc(-c4ccccc4)cc3c3ccc4c5ccccc5sc4c32)c1-n1c2ccccc2c2ccccc21. The summed E-state index contributed by atoms with van der Waals surface area (Å²) in [4.78, 5) is 0.